The number of benzene rings is 1. The van der Waals surface area contributed by atoms with Gasteiger partial charge >= 0.3 is 6.18 Å². The van der Waals surface area contributed by atoms with Crippen LogP contribution in [0.25, 0.3) is 0 Å². The number of amidine groups is 1. The normalized spacial score (nSPS) is 12.5. The van der Waals surface area contributed by atoms with Crippen molar-refractivity contribution < 1.29 is 23.1 Å². The van der Waals surface area contributed by atoms with E-state index in [1.54, 1.807) is 18.2 Å². The Morgan fingerprint density at radius 3 is 2.70 bits per heavy atom. The van der Waals surface area contributed by atoms with Crippen molar-refractivity contribution >= 4 is 5.84 Å². The topological polar surface area (TPSA) is 79.9 Å². The standard InChI is InChI=1S/C12H16F3N3O2/c1-20-10-3-2-8(11(16)18-19)6-9(10)7-17-5-4-12(13,14)15/h2-3,6,17,19H,4-5,7H2,1H3,(H2,16,18). The number of hydrogen-bond acceptors (Lipinski definition) is 4. The summed E-state index contributed by atoms with van der Waals surface area (Å²) in [7, 11) is 1.46. The number of ether oxygens (including phenoxy) is 1. The lowest BCUT2D eigenvalue weighted by Crippen LogP contribution is -2.22. The van der Waals surface area contributed by atoms with Crippen LogP contribution in [-0.2, 0) is 6.54 Å². The molecule has 112 valence electrons. The van der Waals surface area contributed by atoms with Gasteiger partial charge in [0.2, 0.25) is 0 Å². The van der Waals surface area contributed by atoms with Crippen molar-refractivity contribution in [3.05, 3.63) is 29.3 Å². The van der Waals surface area contributed by atoms with E-state index in [4.69, 9.17) is 15.7 Å². The number of halogens is 3. The van der Waals surface area contributed by atoms with Crippen molar-refractivity contribution in [1.82, 2.24) is 5.32 Å². The van der Waals surface area contributed by atoms with Crippen molar-refractivity contribution in [2.45, 2.75) is 19.1 Å². The van der Waals surface area contributed by atoms with Crippen LogP contribution in [0.4, 0.5) is 13.2 Å². The fourth-order valence-electron chi connectivity index (χ4n) is 1.59. The molecule has 0 aliphatic rings. The summed E-state index contributed by atoms with van der Waals surface area (Å²) in [4.78, 5) is 0. The van der Waals surface area contributed by atoms with Crippen molar-refractivity contribution in [3.8, 4) is 5.75 Å². The third-order valence-corrected chi connectivity index (χ3v) is 2.58. The molecule has 0 saturated heterocycles. The highest BCUT2D eigenvalue weighted by molar-refractivity contribution is 5.97. The molecule has 0 heterocycles. The van der Waals surface area contributed by atoms with Gasteiger partial charge in [-0.15, -0.1) is 0 Å². The first kappa shape index (κ1) is 16.1. The number of alkyl halides is 3. The first-order valence-electron chi connectivity index (χ1n) is 5.79. The van der Waals surface area contributed by atoms with E-state index in [0.29, 0.717) is 16.9 Å². The van der Waals surface area contributed by atoms with Gasteiger partial charge in [0.1, 0.15) is 5.75 Å². The van der Waals surface area contributed by atoms with Crippen LogP contribution in [0.2, 0.25) is 0 Å². The molecule has 0 fully saturated rings. The van der Waals surface area contributed by atoms with Crippen molar-refractivity contribution in [2.75, 3.05) is 13.7 Å². The van der Waals surface area contributed by atoms with Crippen LogP contribution >= 0.6 is 0 Å². The van der Waals surface area contributed by atoms with Crippen LogP contribution in [0.1, 0.15) is 17.5 Å². The summed E-state index contributed by atoms with van der Waals surface area (Å²) >= 11 is 0. The average Bonchev–Trinajstić information content (AvgIpc) is 2.41. The van der Waals surface area contributed by atoms with Gasteiger partial charge in [0.25, 0.3) is 0 Å². The van der Waals surface area contributed by atoms with Crippen LogP contribution in [0, 0.1) is 0 Å². The Hall–Kier alpha value is -1.96. The molecule has 0 amide bonds. The van der Waals surface area contributed by atoms with Crippen molar-refractivity contribution in [2.24, 2.45) is 10.9 Å². The van der Waals surface area contributed by atoms with E-state index < -0.39 is 12.6 Å². The molecule has 0 bridgehead atoms. The third kappa shape index (κ3) is 4.96. The zero-order valence-electron chi connectivity index (χ0n) is 10.9. The first-order valence-corrected chi connectivity index (χ1v) is 5.79. The van der Waals surface area contributed by atoms with E-state index in [1.807, 2.05) is 0 Å². The van der Waals surface area contributed by atoms with Gasteiger partial charge in [0.15, 0.2) is 5.84 Å². The fraction of sp³-hybridized carbons (Fsp3) is 0.417. The number of methoxy groups -OCH3 is 1. The van der Waals surface area contributed by atoms with Gasteiger partial charge < -0.3 is 21.0 Å². The van der Waals surface area contributed by atoms with E-state index in [2.05, 4.69) is 10.5 Å². The van der Waals surface area contributed by atoms with E-state index in [9.17, 15) is 13.2 Å². The summed E-state index contributed by atoms with van der Waals surface area (Å²) in [5.41, 5.74) is 6.54. The second-order valence-electron chi connectivity index (χ2n) is 4.05. The maximum absolute atomic E-state index is 12.0. The molecule has 0 aromatic heterocycles. The maximum Gasteiger partial charge on any atom is 0.390 e. The van der Waals surface area contributed by atoms with Crippen LogP contribution in [-0.4, -0.2) is 30.9 Å². The van der Waals surface area contributed by atoms with Crippen LogP contribution in [0.3, 0.4) is 0 Å². The molecule has 1 aromatic carbocycles. The lowest BCUT2D eigenvalue weighted by Gasteiger charge is -2.12. The summed E-state index contributed by atoms with van der Waals surface area (Å²) in [5.74, 6) is 0.434. The predicted octanol–water partition coefficient (Wildman–Crippen LogP) is 1.83. The van der Waals surface area contributed by atoms with Gasteiger partial charge in [-0.05, 0) is 18.2 Å². The van der Waals surface area contributed by atoms with Gasteiger partial charge in [-0.2, -0.15) is 13.2 Å². The molecule has 8 heteroatoms. The van der Waals surface area contributed by atoms with Gasteiger partial charge in [-0.3, -0.25) is 0 Å². The zero-order chi connectivity index (χ0) is 15.2. The van der Waals surface area contributed by atoms with E-state index in [1.165, 1.54) is 7.11 Å². The van der Waals surface area contributed by atoms with Gasteiger partial charge in [0.05, 0.1) is 13.5 Å². The van der Waals surface area contributed by atoms with Crippen molar-refractivity contribution in [1.29, 1.82) is 0 Å². The Balaban J connectivity index is 2.72. The highest BCUT2D eigenvalue weighted by atomic mass is 19.4. The molecule has 0 aliphatic heterocycles. The third-order valence-electron chi connectivity index (χ3n) is 2.58. The zero-order valence-corrected chi connectivity index (χ0v) is 10.9. The smallest absolute Gasteiger partial charge is 0.390 e. The number of nitrogens with zero attached hydrogens (tertiary/aromatic N) is 1. The molecule has 0 unspecified atom stereocenters. The monoisotopic (exact) mass is 291 g/mol. The summed E-state index contributed by atoms with van der Waals surface area (Å²) in [5, 5.41) is 14.1. The number of hydrogen-bond donors (Lipinski definition) is 3. The Kier molecular flexibility index (Phi) is 5.63. The highest BCUT2D eigenvalue weighted by Crippen LogP contribution is 2.21. The number of rotatable bonds is 6. The predicted molar refractivity (Wildman–Crippen MR) is 67.9 cm³/mol. The number of nitrogens with two attached hydrogens (primary N) is 1. The molecule has 1 aromatic rings. The molecule has 4 N–H and O–H groups in total. The summed E-state index contributed by atoms with van der Waals surface area (Å²) in [6.45, 7) is -0.00768. The Morgan fingerprint density at radius 2 is 2.15 bits per heavy atom. The van der Waals surface area contributed by atoms with E-state index in [0.717, 1.165) is 0 Å². The SMILES string of the molecule is COc1ccc(/C(N)=N/O)cc1CNCCC(F)(F)F. The van der Waals surface area contributed by atoms with Gasteiger partial charge in [0, 0.05) is 24.2 Å². The average molecular weight is 291 g/mol. The molecule has 0 aliphatic carbocycles. The Morgan fingerprint density at radius 1 is 1.45 bits per heavy atom. The largest absolute Gasteiger partial charge is 0.496 e. The van der Waals surface area contributed by atoms with Crippen LogP contribution in [0.5, 0.6) is 5.75 Å². The molecular weight excluding hydrogens is 275 g/mol. The molecular formula is C12H16F3N3O2. The number of oxime groups is 1. The Bertz CT molecular complexity index is 476. The lowest BCUT2D eigenvalue weighted by molar-refractivity contribution is -0.133. The van der Waals surface area contributed by atoms with Gasteiger partial charge in [-0.1, -0.05) is 5.16 Å². The summed E-state index contributed by atoms with van der Waals surface area (Å²) in [6.07, 6.45) is -5.10. The van der Waals surface area contributed by atoms with Crippen LogP contribution in [0.15, 0.2) is 23.4 Å². The maximum atomic E-state index is 12.0. The second-order valence-corrected chi connectivity index (χ2v) is 4.05. The van der Waals surface area contributed by atoms with E-state index >= 15 is 0 Å². The minimum atomic E-state index is -4.19. The fourth-order valence-corrected chi connectivity index (χ4v) is 1.59. The quantitative estimate of drug-likeness (QED) is 0.246. The molecule has 0 saturated carbocycles. The highest BCUT2D eigenvalue weighted by Gasteiger charge is 2.25. The number of nitrogens with one attached hydrogen (secondary N) is 1. The minimum absolute atomic E-state index is 0.0794. The summed E-state index contributed by atoms with van der Waals surface area (Å²) in [6, 6.07) is 4.79. The molecule has 0 atom stereocenters. The molecule has 0 spiro atoms. The minimum Gasteiger partial charge on any atom is -0.496 e. The van der Waals surface area contributed by atoms with Gasteiger partial charge in [-0.25, -0.2) is 0 Å². The van der Waals surface area contributed by atoms with Crippen molar-refractivity contribution in [3.63, 3.8) is 0 Å². The second kappa shape index (κ2) is 6.99. The van der Waals surface area contributed by atoms with Crippen LogP contribution < -0.4 is 15.8 Å². The molecule has 20 heavy (non-hydrogen) atoms. The summed E-state index contributed by atoms with van der Waals surface area (Å²) < 4.78 is 41.2. The van der Waals surface area contributed by atoms with E-state index in [-0.39, 0.29) is 18.9 Å². The lowest BCUT2D eigenvalue weighted by atomic mass is 10.1. The molecule has 0 radical (unpaired) electrons. The first-order chi connectivity index (χ1) is 9.37. The Labute approximate surface area is 114 Å². The molecule has 1 rings (SSSR count). The molecule has 5 nitrogen and oxygen atoms in total.